The summed E-state index contributed by atoms with van der Waals surface area (Å²) in [6, 6.07) is 6.30. The largest absolute Gasteiger partial charge is 0.496 e. The highest BCUT2D eigenvalue weighted by Crippen LogP contribution is 2.28. The van der Waals surface area contributed by atoms with Crippen molar-refractivity contribution in [1.29, 1.82) is 0 Å². The van der Waals surface area contributed by atoms with Crippen molar-refractivity contribution in [3.63, 3.8) is 0 Å². The van der Waals surface area contributed by atoms with Crippen molar-refractivity contribution in [3.8, 4) is 5.75 Å². The Balaban J connectivity index is 2.12. The van der Waals surface area contributed by atoms with Crippen LogP contribution in [-0.2, 0) is 6.54 Å². The van der Waals surface area contributed by atoms with Gasteiger partial charge in [-0.05, 0) is 31.0 Å². The van der Waals surface area contributed by atoms with Crippen LogP contribution in [0, 0.1) is 0 Å². The van der Waals surface area contributed by atoms with Gasteiger partial charge in [-0.25, -0.2) is 0 Å². The molecule has 1 saturated carbocycles. The van der Waals surface area contributed by atoms with Crippen molar-refractivity contribution >= 4 is 11.6 Å². The minimum Gasteiger partial charge on any atom is -0.496 e. The number of methoxy groups -OCH3 is 1. The van der Waals surface area contributed by atoms with Crippen molar-refractivity contribution in [3.05, 3.63) is 28.8 Å². The molecule has 2 rings (SSSR count). The molecule has 20 heavy (non-hydrogen) atoms. The minimum atomic E-state index is 0.194. The number of rotatable bonds is 6. The number of aliphatic hydroxyl groups is 1. The lowest BCUT2D eigenvalue weighted by Crippen LogP contribution is -2.38. The maximum Gasteiger partial charge on any atom is 0.123 e. The Morgan fingerprint density at radius 3 is 2.70 bits per heavy atom. The average molecular weight is 298 g/mol. The van der Waals surface area contributed by atoms with Gasteiger partial charge < -0.3 is 9.84 Å². The number of hydrogen-bond acceptors (Lipinski definition) is 3. The summed E-state index contributed by atoms with van der Waals surface area (Å²) in [4.78, 5) is 2.37. The Kier molecular flexibility index (Phi) is 6.14. The molecule has 0 bridgehead atoms. The topological polar surface area (TPSA) is 32.7 Å². The summed E-state index contributed by atoms with van der Waals surface area (Å²) in [6.07, 6.45) is 6.37. The predicted octanol–water partition coefficient (Wildman–Crippen LogP) is 3.48. The molecular formula is C16H24ClNO2. The normalized spacial score (nSPS) is 16.6. The molecule has 0 aliphatic heterocycles. The molecule has 1 aromatic carbocycles. The molecule has 0 aromatic heterocycles. The second-order valence-corrected chi connectivity index (χ2v) is 5.88. The van der Waals surface area contributed by atoms with E-state index in [1.54, 1.807) is 7.11 Å². The minimum absolute atomic E-state index is 0.194. The van der Waals surface area contributed by atoms with Gasteiger partial charge in [-0.15, -0.1) is 0 Å². The van der Waals surface area contributed by atoms with Gasteiger partial charge >= 0.3 is 0 Å². The van der Waals surface area contributed by atoms with Crippen molar-refractivity contribution in [2.75, 3.05) is 20.3 Å². The molecule has 0 saturated heterocycles. The quantitative estimate of drug-likeness (QED) is 0.872. The summed E-state index contributed by atoms with van der Waals surface area (Å²) in [7, 11) is 1.68. The van der Waals surface area contributed by atoms with Crippen molar-refractivity contribution in [2.45, 2.75) is 44.7 Å². The van der Waals surface area contributed by atoms with E-state index < -0.39 is 0 Å². The van der Waals surface area contributed by atoms with E-state index >= 15 is 0 Å². The standard InChI is InChI=1S/C16H24ClNO2/c1-20-16-8-7-14(17)11-13(16)12-18(9-10-19)15-5-3-2-4-6-15/h7-8,11,15,19H,2-6,9-10,12H2,1H3. The number of ether oxygens (including phenoxy) is 1. The number of nitrogens with zero attached hydrogens (tertiary/aromatic N) is 1. The molecule has 1 aromatic rings. The third-order valence-electron chi connectivity index (χ3n) is 4.09. The first-order valence-corrected chi connectivity index (χ1v) is 7.79. The van der Waals surface area contributed by atoms with Crippen molar-refractivity contribution < 1.29 is 9.84 Å². The lowest BCUT2D eigenvalue weighted by Gasteiger charge is -2.34. The summed E-state index contributed by atoms with van der Waals surface area (Å²) in [5.41, 5.74) is 1.10. The summed E-state index contributed by atoms with van der Waals surface area (Å²) in [5, 5.41) is 10.1. The molecule has 3 nitrogen and oxygen atoms in total. The van der Waals surface area contributed by atoms with Crippen LogP contribution in [0.4, 0.5) is 0 Å². The highest BCUT2D eigenvalue weighted by atomic mass is 35.5. The van der Waals surface area contributed by atoms with E-state index in [-0.39, 0.29) is 6.61 Å². The van der Waals surface area contributed by atoms with Crippen LogP contribution in [0.25, 0.3) is 0 Å². The number of hydrogen-bond donors (Lipinski definition) is 1. The Bertz CT molecular complexity index is 419. The smallest absolute Gasteiger partial charge is 0.123 e. The maximum absolute atomic E-state index is 9.33. The monoisotopic (exact) mass is 297 g/mol. The van der Waals surface area contributed by atoms with E-state index in [4.69, 9.17) is 16.3 Å². The van der Waals surface area contributed by atoms with Crippen LogP contribution >= 0.6 is 11.6 Å². The zero-order valence-electron chi connectivity index (χ0n) is 12.1. The number of benzene rings is 1. The van der Waals surface area contributed by atoms with Gasteiger partial charge in [-0.2, -0.15) is 0 Å². The predicted molar refractivity (Wildman–Crippen MR) is 82.4 cm³/mol. The first-order valence-electron chi connectivity index (χ1n) is 7.42. The molecule has 0 amide bonds. The highest BCUT2D eigenvalue weighted by Gasteiger charge is 2.21. The lowest BCUT2D eigenvalue weighted by molar-refractivity contribution is 0.116. The van der Waals surface area contributed by atoms with Crippen LogP contribution in [0.3, 0.4) is 0 Å². The second kappa shape index (κ2) is 7.87. The zero-order valence-corrected chi connectivity index (χ0v) is 12.9. The average Bonchev–Trinajstić information content (AvgIpc) is 2.48. The summed E-state index contributed by atoms with van der Waals surface area (Å²) in [5.74, 6) is 0.869. The molecule has 0 radical (unpaired) electrons. The van der Waals surface area contributed by atoms with Gasteiger partial charge in [0.05, 0.1) is 13.7 Å². The van der Waals surface area contributed by atoms with Crippen molar-refractivity contribution in [2.24, 2.45) is 0 Å². The fourth-order valence-electron chi connectivity index (χ4n) is 3.05. The summed E-state index contributed by atoms with van der Waals surface area (Å²) < 4.78 is 5.42. The van der Waals surface area contributed by atoms with E-state index in [2.05, 4.69) is 4.90 Å². The fourth-order valence-corrected chi connectivity index (χ4v) is 3.25. The second-order valence-electron chi connectivity index (χ2n) is 5.44. The molecule has 0 heterocycles. The Morgan fingerprint density at radius 1 is 1.30 bits per heavy atom. The Labute approximate surface area is 126 Å². The first-order chi connectivity index (χ1) is 9.74. The van der Waals surface area contributed by atoms with Crippen LogP contribution < -0.4 is 4.74 Å². The van der Waals surface area contributed by atoms with Gasteiger partial charge in [0.15, 0.2) is 0 Å². The molecule has 4 heteroatoms. The van der Waals surface area contributed by atoms with Gasteiger partial charge in [0.1, 0.15) is 5.75 Å². The summed E-state index contributed by atoms with van der Waals surface area (Å²) >= 11 is 6.10. The van der Waals surface area contributed by atoms with Crippen LogP contribution in [0.1, 0.15) is 37.7 Å². The van der Waals surface area contributed by atoms with Gasteiger partial charge in [-0.1, -0.05) is 30.9 Å². The maximum atomic E-state index is 9.33. The van der Waals surface area contributed by atoms with Crippen LogP contribution in [0.15, 0.2) is 18.2 Å². The molecule has 112 valence electrons. The molecule has 0 atom stereocenters. The van der Waals surface area contributed by atoms with Crippen LogP contribution in [0.5, 0.6) is 5.75 Å². The molecule has 0 unspecified atom stereocenters. The summed E-state index contributed by atoms with van der Waals surface area (Å²) in [6.45, 7) is 1.69. The lowest BCUT2D eigenvalue weighted by atomic mass is 9.94. The van der Waals surface area contributed by atoms with Gasteiger partial charge in [-0.3, -0.25) is 4.90 Å². The third-order valence-corrected chi connectivity index (χ3v) is 4.33. The van der Waals surface area contributed by atoms with E-state index in [0.717, 1.165) is 22.9 Å². The van der Waals surface area contributed by atoms with Gasteiger partial charge in [0.25, 0.3) is 0 Å². The number of halogens is 1. The Morgan fingerprint density at radius 2 is 2.05 bits per heavy atom. The van der Waals surface area contributed by atoms with Crippen molar-refractivity contribution in [1.82, 2.24) is 4.90 Å². The third kappa shape index (κ3) is 4.11. The molecular weight excluding hydrogens is 274 g/mol. The Hall–Kier alpha value is -0.770. The molecule has 0 spiro atoms. The van der Waals surface area contributed by atoms with Gasteiger partial charge in [0, 0.05) is 29.7 Å². The van der Waals surface area contributed by atoms with Crippen LogP contribution in [-0.4, -0.2) is 36.3 Å². The zero-order chi connectivity index (χ0) is 14.4. The SMILES string of the molecule is COc1ccc(Cl)cc1CN(CCO)C1CCCCC1. The van der Waals surface area contributed by atoms with E-state index in [0.29, 0.717) is 12.6 Å². The molecule has 1 aliphatic rings. The van der Waals surface area contributed by atoms with E-state index in [1.807, 2.05) is 18.2 Å². The van der Waals surface area contributed by atoms with E-state index in [9.17, 15) is 5.11 Å². The highest BCUT2D eigenvalue weighted by molar-refractivity contribution is 6.30. The van der Waals surface area contributed by atoms with Crippen LogP contribution in [0.2, 0.25) is 5.02 Å². The molecule has 1 aliphatic carbocycles. The number of aliphatic hydroxyl groups excluding tert-OH is 1. The van der Waals surface area contributed by atoms with E-state index in [1.165, 1.54) is 32.1 Å². The molecule has 1 fully saturated rings. The van der Waals surface area contributed by atoms with Gasteiger partial charge in [0.2, 0.25) is 0 Å². The molecule has 1 N–H and O–H groups in total. The fraction of sp³-hybridized carbons (Fsp3) is 0.625. The first kappa shape index (κ1) is 15.6.